The first-order chi connectivity index (χ1) is 16.7. The van der Waals surface area contributed by atoms with Crippen LogP contribution in [-0.4, -0.2) is 21.2 Å². The predicted molar refractivity (Wildman–Crippen MR) is 139 cm³/mol. The van der Waals surface area contributed by atoms with Gasteiger partial charge in [0.05, 0.1) is 22.2 Å². The van der Waals surface area contributed by atoms with Crippen molar-refractivity contribution in [3.05, 3.63) is 90.1 Å². The second-order valence-electron chi connectivity index (χ2n) is 8.68. The molecule has 2 aromatic heterocycles. The molecule has 34 heavy (non-hydrogen) atoms. The summed E-state index contributed by atoms with van der Waals surface area (Å²) in [5.74, 6) is 2.00. The maximum absolute atomic E-state index is 5.98. The van der Waals surface area contributed by atoms with Crippen molar-refractivity contribution in [3.8, 4) is 17.1 Å². The smallest absolute Gasteiger partial charge is 0.138 e. The number of aliphatic imine (C=N–C) groups is 1. The summed E-state index contributed by atoms with van der Waals surface area (Å²) < 4.78 is 5.98. The van der Waals surface area contributed by atoms with E-state index >= 15 is 0 Å². The molecule has 6 rings (SSSR count). The molecule has 1 aliphatic heterocycles. The third-order valence-electron chi connectivity index (χ3n) is 6.44. The fourth-order valence-electron chi connectivity index (χ4n) is 4.58. The van der Waals surface area contributed by atoms with Gasteiger partial charge >= 0.3 is 0 Å². The maximum Gasteiger partial charge on any atom is 0.138 e. The van der Waals surface area contributed by atoms with Crippen LogP contribution in [0.4, 0.5) is 5.69 Å². The largest absolute Gasteiger partial charge is 0.489 e. The zero-order valence-corrected chi connectivity index (χ0v) is 19.0. The molecule has 1 unspecified atom stereocenters. The van der Waals surface area contributed by atoms with E-state index in [1.54, 1.807) is 0 Å². The number of aromatic amines is 1. The summed E-state index contributed by atoms with van der Waals surface area (Å²) in [6, 6.07) is 20.3. The number of rotatable bonds is 5. The first-order valence-electron chi connectivity index (χ1n) is 11.5. The van der Waals surface area contributed by atoms with Gasteiger partial charge in [0.1, 0.15) is 18.2 Å². The minimum atomic E-state index is 0.342. The Morgan fingerprint density at radius 3 is 2.68 bits per heavy atom. The lowest BCUT2D eigenvalue weighted by molar-refractivity contribution is 0.306. The van der Waals surface area contributed by atoms with Gasteiger partial charge in [-0.15, -0.1) is 0 Å². The van der Waals surface area contributed by atoms with E-state index in [2.05, 4.69) is 41.7 Å². The molecule has 0 spiro atoms. The Morgan fingerprint density at radius 2 is 1.88 bits per heavy atom. The topological polar surface area (TPSA) is 63.2 Å². The van der Waals surface area contributed by atoms with Crippen molar-refractivity contribution in [2.75, 3.05) is 0 Å². The average Bonchev–Trinajstić information content (AvgIpc) is 3.34. The van der Waals surface area contributed by atoms with Gasteiger partial charge < -0.3 is 9.72 Å². The fourth-order valence-corrected chi connectivity index (χ4v) is 4.58. The lowest BCUT2D eigenvalue weighted by Gasteiger charge is -2.18. The Bertz CT molecular complexity index is 1550. The fraction of sp³-hybridized carbons (Fsp3) is 0.138. The first kappa shape index (κ1) is 20.4. The molecule has 0 bridgehead atoms. The van der Waals surface area contributed by atoms with E-state index in [9.17, 15) is 0 Å². The number of imidazole rings is 1. The van der Waals surface area contributed by atoms with Gasteiger partial charge in [0.2, 0.25) is 0 Å². The Hall–Kier alpha value is -4.25. The molecule has 0 radical (unpaired) electrons. The summed E-state index contributed by atoms with van der Waals surface area (Å²) in [6.45, 7) is 6.54. The van der Waals surface area contributed by atoms with Crippen molar-refractivity contribution in [2.24, 2.45) is 4.99 Å². The van der Waals surface area contributed by atoms with Crippen LogP contribution in [0.5, 0.6) is 5.75 Å². The molecule has 0 saturated heterocycles. The molecule has 5 aromatic rings. The maximum atomic E-state index is 5.98. The third-order valence-corrected chi connectivity index (χ3v) is 6.44. The lowest BCUT2D eigenvalue weighted by atomic mass is 9.91. The Kier molecular flexibility index (Phi) is 4.95. The van der Waals surface area contributed by atoms with Gasteiger partial charge in [-0.05, 0) is 59.9 Å². The van der Waals surface area contributed by atoms with E-state index in [-0.39, 0.29) is 0 Å². The zero-order valence-electron chi connectivity index (χ0n) is 19.0. The molecule has 0 saturated carbocycles. The standard InChI is InChI=1S/C29H24N4O/c1-3-19-6-8-20(9-7-19)17-34-22-12-10-21(11-13-22)29-32-26-23-5-4-15-30-25(23)27-24(28(26)33-29)18(2)14-16-31-27/h3-13,15-16,18H,1,14,17H2,2H3,(H,32,33). The van der Waals surface area contributed by atoms with Gasteiger partial charge in [0.25, 0.3) is 0 Å². The second-order valence-corrected chi connectivity index (χ2v) is 8.68. The SMILES string of the molecule is C=Cc1ccc(COc2ccc(-c3nc4c5c(c6ncccc6c4[nH]3)N=CCC5C)cc2)cc1. The molecule has 0 fully saturated rings. The van der Waals surface area contributed by atoms with E-state index in [0.717, 1.165) is 62.3 Å². The summed E-state index contributed by atoms with van der Waals surface area (Å²) in [6.07, 6.45) is 6.57. The van der Waals surface area contributed by atoms with Crippen LogP contribution in [0.2, 0.25) is 0 Å². The van der Waals surface area contributed by atoms with Crippen molar-refractivity contribution in [2.45, 2.75) is 25.9 Å². The van der Waals surface area contributed by atoms with Crippen molar-refractivity contribution >= 4 is 39.9 Å². The number of hydrogen-bond acceptors (Lipinski definition) is 4. The van der Waals surface area contributed by atoms with Gasteiger partial charge in [-0.2, -0.15) is 0 Å². The minimum absolute atomic E-state index is 0.342. The molecule has 1 aliphatic rings. The highest BCUT2D eigenvalue weighted by molar-refractivity contribution is 6.12. The Labute approximate surface area is 197 Å². The van der Waals surface area contributed by atoms with Crippen LogP contribution < -0.4 is 4.74 Å². The van der Waals surface area contributed by atoms with Gasteiger partial charge in [-0.1, -0.05) is 43.8 Å². The number of fused-ring (bicyclic) bond motifs is 6. The van der Waals surface area contributed by atoms with Gasteiger partial charge in [-0.25, -0.2) is 4.98 Å². The van der Waals surface area contributed by atoms with Crippen LogP contribution in [0.1, 0.15) is 36.0 Å². The van der Waals surface area contributed by atoms with E-state index in [1.807, 2.05) is 61.0 Å². The molecule has 5 heteroatoms. The average molecular weight is 445 g/mol. The summed E-state index contributed by atoms with van der Waals surface area (Å²) >= 11 is 0. The molecule has 3 heterocycles. The summed E-state index contributed by atoms with van der Waals surface area (Å²) in [7, 11) is 0. The van der Waals surface area contributed by atoms with Crippen LogP contribution in [-0.2, 0) is 6.61 Å². The predicted octanol–water partition coefficient (Wildman–Crippen LogP) is 7.21. The van der Waals surface area contributed by atoms with Crippen LogP contribution >= 0.6 is 0 Å². The number of nitrogens with zero attached hydrogens (tertiary/aromatic N) is 3. The number of hydrogen-bond donors (Lipinski definition) is 1. The molecule has 166 valence electrons. The molecular formula is C29H24N4O. The van der Waals surface area contributed by atoms with Crippen LogP contribution in [0, 0.1) is 0 Å². The summed E-state index contributed by atoms with van der Waals surface area (Å²) in [5, 5.41) is 1.05. The quantitative estimate of drug-likeness (QED) is 0.311. The Morgan fingerprint density at radius 1 is 1.06 bits per heavy atom. The van der Waals surface area contributed by atoms with Crippen LogP contribution in [0.3, 0.4) is 0 Å². The molecule has 1 atom stereocenters. The van der Waals surface area contributed by atoms with E-state index < -0.39 is 0 Å². The highest BCUT2D eigenvalue weighted by Crippen LogP contribution is 2.43. The highest BCUT2D eigenvalue weighted by Gasteiger charge is 2.24. The number of ether oxygens (including phenoxy) is 1. The van der Waals surface area contributed by atoms with Crippen LogP contribution in [0.25, 0.3) is 39.4 Å². The molecule has 1 N–H and O–H groups in total. The normalized spacial score (nSPS) is 14.9. The Balaban J connectivity index is 1.33. The molecular weight excluding hydrogens is 420 g/mol. The second kappa shape index (κ2) is 8.27. The third kappa shape index (κ3) is 3.46. The number of benzene rings is 3. The van der Waals surface area contributed by atoms with Crippen molar-refractivity contribution in [3.63, 3.8) is 0 Å². The molecule has 3 aromatic carbocycles. The highest BCUT2D eigenvalue weighted by atomic mass is 16.5. The molecule has 0 amide bonds. The van der Waals surface area contributed by atoms with Crippen molar-refractivity contribution in [1.82, 2.24) is 15.0 Å². The van der Waals surface area contributed by atoms with Gasteiger partial charge in [0.15, 0.2) is 0 Å². The number of nitrogens with one attached hydrogen (secondary N) is 1. The summed E-state index contributed by atoms with van der Waals surface area (Å²) in [4.78, 5) is 17.9. The monoisotopic (exact) mass is 444 g/mol. The van der Waals surface area contributed by atoms with E-state index in [1.165, 1.54) is 5.56 Å². The van der Waals surface area contributed by atoms with Crippen molar-refractivity contribution < 1.29 is 4.74 Å². The van der Waals surface area contributed by atoms with Gasteiger partial charge in [-0.3, -0.25) is 9.98 Å². The number of aromatic nitrogens is 3. The van der Waals surface area contributed by atoms with E-state index in [4.69, 9.17) is 14.7 Å². The van der Waals surface area contributed by atoms with E-state index in [0.29, 0.717) is 12.5 Å². The molecule has 5 nitrogen and oxygen atoms in total. The van der Waals surface area contributed by atoms with Gasteiger partial charge in [0, 0.05) is 28.9 Å². The number of pyridine rings is 1. The lowest BCUT2D eigenvalue weighted by Crippen LogP contribution is -2.02. The minimum Gasteiger partial charge on any atom is -0.489 e. The van der Waals surface area contributed by atoms with Crippen molar-refractivity contribution in [1.29, 1.82) is 0 Å². The number of H-pyrrole nitrogens is 1. The first-order valence-corrected chi connectivity index (χ1v) is 11.5. The van der Waals surface area contributed by atoms with Crippen LogP contribution in [0.15, 0.2) is 78.4 Å². The molecule has 0 aliphatic carbocycles. The zero-order chi connectivity index (χ0) is 23.1. The summed E-state index contributed by atoms with van der Waals surface area (Å²) in [5.41, 5.74) is 8.28.